The van der Waals surface area contributed by atoms with Gasteiger partial charge in [-0.1, -0.05) is 24.3 Å². The molecule has 0 bridgehead atoms. The summed E-state index contributed by atoms with van der Waals surface area (Å²) in [5.41, 5.74) is 3.68. The smallest absolute Gasteiger partial charge is 0.417 e. The number of amides is 1. The number of ether oxygens (including phenoxy) is 1. The molecule has 1 aromatic heterocycles. The van der Waals surface area contributed by atoms with E-state index in [2.05, 4.69) is 0 Å². The second-order valence-corrected chi connectivity index (χ2v) is 4.72. The SMILES string of the molecule is NC(=O)c1c(Oc2ccccc2)oc2cccc(C(F)(F)F)c12. The van der Waals surface area contributed by atoms with E-state index in [1.165, 1.54) is 12.1 Å². The molecule has 1 amide bonds. The highest BCUT2D eigenvalue weighted by molar-refractivity contribution is 6.09. The number of primary amides is 1. The van der Waals surface area contributed by atoms with Gasteiger partial charge in [0.05, 0.1) is 5.56 Å². The van der Waals surface area contributed by atoms with Crippen LogP contribution in [-0.2, 0) is 6.18 Å². The number of fused-ring (bicyclic) bond motifs is 1. The first kappa shape index (κ1) is 15.0. The normalized spacial score (nSPS) is 11.6. The van der Waals surface area contributed by atoms with E-state index in [0.717, 1.165) is 6.07 Å². The van der Waals surface area contributed by atoms with E-state index in [4.69, 9.17) is 14.9 Å². The molecule has 23 heavy (non-hydrogen) atoms. The van der Waals surface area contributed by atoms with Crippen molar-refractivity contribution in [2.75, 3.05) is 0 Å². The zero-order chi connectivity index (χ0) is 16.6. The Balaban J connectivity index is 2.24. The Kier molecular flexibility index (Phi) is 3.48. The Morgan fingerprint density at radius 1 is 1.04 bits per heavy atom. The van der Waals surface area contributed by atoms with Gasteiger partial charge in [-0.15, -0.1) is 0 Å². The summed E-state index contributed by atoms with van der Waals surface area (Å²) < 4.78 is 50.2. The maximum Gasteiger partial charge on any atom is 0.417 e. The van der Waals surface area contributed by atoms with Gasteiger partial charge < -0.3 is 14.9 Å². The van der Waals surface area contributed by atoms with Gasteiger partial charge in [0.15, 0.2) is 0 Å². The summed E-state index contributed by atoms with van der Waals surface area (Å²) in [5, 5.41) is -0.404. The molecule has 0 saturated carbocycles. The third kappa shape index (κ3) is 2.73. The van der Waals surface area contributed by atoms with Gasteiger partial charge in [0.25, 0.3) is 5.91 Å². The standard InChI is InChI=1S/C16H10F3NO3/c17-16(18,19)10-7-4-8-11-12(10)13(14(20)21)15(23-11)22-9-5-2-1-3-6-9/h1-8H,(H2,20,21). The van der Waals surface area contributed by atoms with E-state index < -0.39 is 28.6 Å². The molecule has 0 aliphatic rings. The molecule has 3 rings (SSSR count). The minimum absolute atomic E-state index is 0.125. The van der Waals surface area contributed by atoms with Crippen LogP contribution in [-0.4, -0.2) is 5.91 Å². The van der Waals surface area contributed by atoms with Crippen LogP contribution in [0.2, 0.25) is 0 Å². The molecule has 3 aromatic rings. The topological polar surface area (TPSA) is 65.5 Å². The van der Waals surface area contributed by atoms with Crippen molar-refractivity contribution in [3.63, 3.8) is 0 Å². The summed E-state index contributed by atoms with van der Waals surface area (Å²) in [6.07, 6.45) is -4.66. The van der Waals surface area contributed by atoms with Crippen molar-refractivity contribution in [3.05, 3.63) is 59.7 Å². The molecule has 0 fully saturated rings. The fourth-order valence-electron chi connectivity index (χ4n) is 2.25. The number of furan rings is 1. The van der Waals surface area contributed by atoms with E-state index in [-0.39, 0.29) is 11.5 Å². The first-order valence-electron chi connectivity index (χ1n) is 6.53. The fraction of sp³-hybridized carbons (Fsp3) is 0.0625. The lowest BCUT2D eigenvalue weighted by Crippen LogP contribution is -2.13. The third-order valence-corrected chi connectivity index (χ3v) is 3.19. The number of carbonyl (C=O) groups excluding carboxylic acids is 1. The van der Waals surface area contributed by atoms with E-state index in [1.807, 2.05) is 0 Å². The molecular formula is C16H10F3NO3. The molecule has 0 radical (unpaired) electrons. The Bertz CT molecular complexity index is 869. The van der Waals surface area contributed by atoms with Crippen LogP contribution in [0.15, 0.2) is 52.9 Å². The van der Waals surface area contributed by atoms with Crippen LogP contribution in [0.25, 0.3) is 11.0 Å². The number of benzene rings is 2. The van der Waals surface area contributed by atoms with Crippen molar-refractivity contribution in [1.82, 2.24) is 0 Å². The number of carbonyl (C=O) groups is 1. The first-order valence-corrected chi connectivity index (χ1v) is 6.53. The molecule has 1 heterocycles. The van der Waals surface area contributed by atoms with Gasteiger partial charge in [0.1, 0.15) is 16.9 Å². The number of alkyl halides is 3. The average molecular weight is 321 g/mol. The number of halogens is 3. The summed E-state index contributed by atoms with van der Waals surface area (Å²) in [6.45, 7) is 0. The van der Waals surface area contributed by atoms with Crippen LogP contribution >= 0.6 is 0 Å². The van der Waals surface area contributed by atoms with E-state index in [1.54, 1.807) is 30.3 Å². The predicted molar refractivity (Wildman–Crippen MR) is 76.2 cm³/mol. The van der Waals surface area contributed by atoms with Gasteiger partial charge in [0.2, 0.25) is 0 Å². The molecule has 0 saturated heterocycles. The summed E-state index contributed by atoms with van der Waals surface area (Å²) in [5.74, 6) is -1.12. The van der Waals surface area contributed by atoms with Crippen molar-refractivity contribution in [1.29, 1.82) is 0 Å². The van der Waals surface area contributed by atoms with Gasteiger partial charge in [-0.05, 0) is 24.3 Å². The summed E-state index contributed by atoms with van der Waals surface area (Å²) in [6, 6.07) is 11.6. The van der Waals surface area contributed by atoms with E-state index >= 15 is 0 Å². The lowest BCUT2D eigenvalue weighted by Gasteiger charge is -2.08. The average Bonchev–Trinajstić information content (AvgIpc) is 2.84. The molecule has 0 atom stereocenters. The van der Waals surface area contributed by atoms with Crippen LogP contribution in [0.1, 0.15) is 15.9 Å². The van der Waals surface area contributed by atoms with Gasteiger partial charge in [-0.3, -0.25) is 4.79 Å². The molecule has 0 unspecified atom stereocenters. The minimum atomic E-state index is -4.66. The van der Waals surface area contributed by atoms with Crippen molar-refractivity contribution in [3.8, 4) is 11.7 Å². The number of rotatable bonds is 3. The maximum atomic E-state index is 13.2. The zero-order valence-electron chi connectivity index (χ0n) is 11.6. The monoisotopic (exact) mass is 321 g/mol. The van der Waals surface area contributed by atoms with Gasteiger partial charge >= 0.3 is 12.1 Å². The Hall–Kier alpha value is -2.96. The van der Waals surface area contributed by atoms with Crippen LogP contribution in [0, 0.1) is 0 Å². The number of hydrogen-bond donors (Lipinski definition) is 1. The Labute approximate surface area is 128 Å². The molecule has 2 N–H and O–H groups in total. The van der Waals surface area contributed by atoms with E-state index in [9.17, 15) is 18.0 Å². The quantitative estimate of drug-likeness (QED) is 0.780. The van der Waals surface area contributed by atoms with Crippen LogP contribution in [0.3, 0.4) is 0 Å². The molecular weight excluding hydrogens is 311 g/mol. The van der Waals surface area contributed by atoms with Crippen molar-refractivity contribution < 1.29 is 27.1 Å². The molecule has 0 spiro atoms. The summed E-state index contributed by atoms with van der Waals surface area (Å²) >= 11 is 0. The van der Waals surface area contributed by atoms with E-state index in [0.29, 0.717) is 5.75 Å². The number of nitrogens with two attached hydrogens (primary N) is 1. The van der Waals surface area contributed by atoms with Crippen molar-refractivity contribution >= 4 is 16.9 Å². The zero-order valence-corrected chi connectivity index (χ0v) is 11.6. The van der Waals surface area contributed by atoms with Gasteiger partial charge in [-0.25, -0.2) is 0 Å². The first-order chi connectivity index (χ1) is 10.9. The molecule has 0 aliphatic carbocycles. The second kappa shape index (κ2) is 5.35. The second-order valence-electron chi connectivity index (χ2n) is 4.72. The minimum Gasteiger partial charge on any atom is -0.425 e. The lowest BCUT2D eigenvalue weighted by atomic mass is 10.1. The largest absolute Gasteiger partial charge is 0.425 e. The lowest BCUT2D eigenvalue weighted by molar-refractivity contribution is -0.136. The highest BCUT2D eigenvalue weighted by Gasteiger charge is 2.36. The Morgan fingerprint density at radius 2 is 1.74 bits per heavy atom. The maximum absolute atomic E-state index is 13.2. The van der Waals surface area contributed by atoms with Gasteiger partial charge in [0, 0.05) is 5.39 Å². The predicted octanol–water partition coefficient (Wildman–Crippen LogP) is 4.34. The molecule has 118 valence electrons. The number of hydrogen-bond acceptors (Lipinski definition) is 3. The van der Waals surface area contributed by atoms with Crippen LogP contribution in [0.5, 0.6) is 11.7 Å². The molecule has 7 heteroatoms. The van der Waals surface area contributed by atoms with Crippen molar-refractivity contribution in [2.45, 2.75) is 6.18 Å². The summed E-state index contributed by atoms with van der Waals surface area (Å²) in [4.78, 5) is 11.7. The molecule has 2 aromatic carbocycles. The highest BCUT2D eigenvalue weighted by Crippen LogP contribution is 2.41. The molecule has 0 aliphatic heterocycles. The molecule has 4 nitrogen and oxygen atoms in total. The van der Waals surface area contributed by atoms with Crippen LogP contribution < -0.4 is 10.5 Å². The van der Waals surface area contributed by atoms with Crippen LogP contribution in [0.4, 0.5) is 13.2 Å². The van der Waals surface area contributed by atoms with Crippen molar-refractivity contribution in [2.24, 2.45) is 5.73 Å². The fourth-order valence-corrected chi connectivity index (χ4v) is 2.25. The van der Waals surface area contributed by atoms with Gasteiger partial charge in [-0.2, -0.15) is 13.2 Å². The Morgan fingerprint density at radius 3 is 2.35 bits per heavy atom. The highest BCUT2D eigenvalue weighted by atomic mass is 19.4. The summed E-state index contributed by atoms with van der Waals surface area (Å²) in [7, 11) is 0. The third-order valence-electron chi connectivity index (χ3n) is 3.19. The number of para-hydroxylation sites is 1.